The number of nitriles is 1. The summed E-state index contributed by atoms with van der Waals surface area (Å²) in [7, 11) is -3.81. The molecule has 1 amide bonds. The van der Waals surface area contributed by atoms with Crippen molar-refractivity contribution in [1.29, 1.82) is 5.26 Å². The number of hydrogen-bond donors (Lipinski definition) is 1. The van der Waals surface area contributed by atoms with Crippen LogP contribution in [-0.2, 0) is 14.8 Å². The Bertz CT molecular complexity index is 682. The van der Waals surface area contributed by atoms with E-state index in [1.807, 2.05) is 6.07 Å². The lowest BCUT2D eigenvalue weighted by atomic mass is 10.2. The van der Waals surface area contributed by atoms with E-state index in [1.165, 1.54) is 22.5 Å². The molecule has 106 valence electrons. The molecule has 1 heterocycles. The molecule has 0 aromatic heterocycles. The number of nitrogens with zero attached hydrogens (tertiary/aromatic N) is 2. The Balaban J connectivity index is 2.39. The molecule has 1 aromatic carbocycles. The van der Waals surface area contributed by atoms with Crippen LogP contribution in [0.1, 0.15) is 12.0 Å². The molecule has 1 fully saturated rings. The van der Waals surface area contributed by atoms with Crippen LogP contribution in [0.15, 0.2) is 23.1 Å². The Labute approximate surface area is 122 Å². The van der Waals surface area contributed by atoms with Crippen molar-refractivity contribution in [2.24, 2.45) is 0 Å². The van der Waals surface area contributed by atoms with Crippen molar-refractivity contribution in [1.82, 2.24) is 9.62 Å². The second-order valence-corrected chi connectivity index (χ2v) is 6.57. The lowest BCUT2D eigenvalue weighted by Crippen LogP contribution is -2.34. The Morgan fingerprint density at radius 3 is 2.80 bits per heavy atom. The standard InChI is InChI=1S/C12H12ClN3O3S/c13-10-2-1-9(8-14)7-11(10)20(18,19)16-5-3-12(17)15-4-6-16/h1-2,7H,3-6H2,(H,15,17). The lowest BCUT2D eigenvalue weighted by molar-refractivity contribution is -0.120. The third kappa shape index (κ3) is 2.93. The molecule has 2 rings (SSSR count). The zero-order valence-electron chi connectivity index (χ0n) is 10.5. The maximum absolute atomic E-state index is 12.5. The highest BCUT2D eigenvalue weighted by atomic mass is 35.5. The maximum atomic E-state index is 12.5. The van der Waals surface area contributed by atoms with Gasteiger partial charge in [-0.1, -0.05) is 11.6 Å². The van der Waals surface area contributed by atoms with Gasteiger partial charge in [-0.25, -0.2) is 8.42 Å². The molecule has 20 heavy (non-hydrogen) atoms. The molecule has 0 saturated carbocycles. The summed E-state index contributed by atoms with van der Waals surface area (Å²) in [6.07, 6.45) is 0.106. The second-order valence-electron chi connectivity index (χ2n) is 4.26. The number of rotatable bonds is 2. The van der Waals surface area contributed by atoms with Crippen molar-refractivity contribution in [2.75, 3.05) is 19.6 Å². The Morgan fingerprint density at radius 1 is 1.35 bits per heavy atom. The highest BCUT2D eigenvalue weighted by Crippen LogP contribution is 2.26. The molecule has 0 bridgehead atoms. The predicted octanol–water partition coefficient (Wildman–Crippen LogP) is 0.722. The molecule has 0 aliphatic carbocycles. The first kappa shape index (κ1) is 14.8. The summed E-state index contributed by atoms with van der Waals surface area (Å²) in [5.74, 6) is -0.181. The largest absolute Gasteiger partial charge is 0.355 e. The summed E-state index contributed by atoms with van der Waals surface area (Å²) in [5.41, 5.74) is 0.219. The number of hydrogen-bond acceptors (Lipinski definition) is 4. The van der Waals surface area contributed by atoms with Crippen molar-refractivity contribution in [3.05, 3.63) is 28.8 Å². The fourth-order valence-corrected chi connectivity index (χ4v) is 3.84. The monoisotopic (exact) mass is 313 g/mol. The minimum atomic E-state index is -3.81. The first-order chi connectivity index (χ1) is 9.45. The van der Waals surface area contributed by atoms with Gasteiger partial charge in [-0.15, -0.1) is 0 Å². The molecule has 8 heteroatoms. The lowest BCUT2D eigenvalue weighted by Gasteiger charge is -2.20. The number of carbonyl (C=O) groups is 1. The Kier molecular flexibility index (Phi) is 4.28. The normalized spacial score (nSPS) is 17.1. The van der Waals surface area contributed by atoms with Gasteiger partial charge in [-0.05, 0) is 18.2 Å². The van der Waals surface area contributed by atoms with Crippen LogP contribution < -0.4 is 5.32 Å². The molecule has 1 aromatic rings. The second kappa shape index (κ2) is 5.79. The van der Waals surface area contributed by atoms with Crippen molar-refractivity contribution < 1.29 is 13.2 Å². The fourth-order valence-electron chi connectivity index (χ4n) is 1.90. The topological polar surface area (TPSA) is 90.3 Å². The van der Waals surface area contributed by atoms with E-state index in [1.54, 1.807) is 0 Å². The van der Waals surface area contributed by atoms with E-state index in [0.29, 0.717) is 0 Å². The summed E-state index contributed by atoms with van der Waals surface area (Å²) >= 11 is 5.93. The highest BCUT2D eigenvalue weighted by molar-refractivity contribution is 7.89. The molecule has 0 unspecified atom stereocenters. The van der Waals surface area contributed by atoms with Gasteiger partial charge in [0, 0.05) is 26.1 Å². The van der Waals surface area contributed by atoms with Gasteiger partial charge < -0.3 is 5.32 Å². The van der Waals surface area contributed by atoms with Crippen LogP contribution in [0.25, 0.3) is 0 Å². The molecule has 1 aliphatic rings. The van der Waals surface area contributed by atoms with Gasteiger partial charge in [0.25, 0.3) is 0 Å². The Hall–Kier alpha value is -1.62. The first-order valence-corrected chi connectivity index (χ1v) is 7.73. The molecular formula is C12H12ClN3O3S. The number of nitrogens with one attached hydrogen (secondary N) is 1. The van der Waals surface area contributed by atoms with E-state index in [9.17, 15) is 13.2 Å². The van der Waals surface area contributed by atoms with Crippen LogP contribution in [0.5, 0.6) is 0 Å². The van der Waals surface area contributed by atoms with Gasteiger partial charge in [0.05, 0.1) is 16.7 Å². The van der Waals surface area contributed by atoms with E-state index in [4.69, 9.17) is 16.9 Å². The SMILES string of the molecule is N#Cc1ccc(Cl)c(S(=O)(=O)N2CCNC(=O)CC2)c1. The molecule has 0 spiro atoms. The third-order valence-electron chi connectivity index (χ3n) is 2.95. The smallest absolute Gasteiger partial charge is 0.244 e. The molecule has 0 atom stereocenters. The maximum Gasteiger partial charge on any atom is 0.244 e. The average molecular weight is 314 g/mol. The van der Waals surface area contributed by atoms with Crippen LogP contribution in [-0.4, -0.2) is 38.3 Å². The van der Waals surface area contributed by atoms with E-state index in [0.717, 1.165) is 0 Å². The fraction of sp³-hybridized carbons (Fsp3) is 0.333. The molecule has 1 aliphatic heterocycles. The molecule has 0 radical (unpaired) electrons. The number of halogens is 1. The van der Waals surface area contributed by atoms with Crippen LogP contribution >= 0.6 is 11.6 Å². The van der Waals surface area contributed by atoms with E-state index in [-0.39, 0.29) is 47.4 Å². The minimum Gasteiger partial charge on any atom is -0.355 e. The van der Waals surface area contributed by atoms with Crippen molar-refractivity contribution >= 4 is 27.5 Å². The zero-order chi connectivity index (χ0) is 14.8. The number of sulfonamides is 1. The number of carbonyl (C=O) groups excluding carboxylic acids is 1. The highest BCUT2D eigenvalue weighted by Gasteiger charge is 2.28. The van der Waals surface area contributed by atoms with Crippen molar-refractivity contribution in [2.45, 2.75) is 11.3 Å². The quantitative estimate of drug-likeness (QED) is 0.871. The van der Waals surface area contributed by atoms with Crippen LogP contribution in [0.2, 0.25) is 5.02 Å². The van der Waals surface area contributed by atoms with Crippen molar-refractivity contribution in [3.63, 3.8) is 0 Å². The van der Waals surface area contributed by atoms with Crippen LogP contribution in [0.3, 0.4) is 0 Å². The molecular weight excluding hydrogens is 302 g/mol. The van der Waals surface area contributed by atoms with Crippen molar-refractivity contribution in [3.8, 4) is 6.07 Å². The number of amides is 1. The van der Waals surface area contributed by atoms with Gasteiger partial charge in [0.2, 0.25) is 15.9 Å². The average Bonchev–Trinajstić information content (AvgIpc) is 2.64. The van der Waals surface area contributed by atoms with E-state index >= 15 is 0 Å². The van der Waals surface area contributed by atoms with Gasteiger partial charge in [-0.2, -0.15) is 9.57 Å². The summed E-state index contributed by atoms with van der Waals surface area (Å²) < 4.78 is 26.3. The van der Waals surface area contributed by atoms with Gasteiger partial charge in [0.15, 0.2) is 0 Å². The van der Waals surface area contributed by atoms with Crippen LogP contribution in [0, 0.1) is 11.3 Å². The zero-order valence-corrected chi connectivity index (χ0v) is 12.0. The van der Waals surface area contributed by atoms with E-state index in [2.05, 4.69) is 5.32 Å². The van der Waals surface area contributed by atoms with E-state index < -0.39 is 10.0 Å². The van der Waals surface area contributed by atoms with Gasteiger partial charge in [-0.3, -0.25) is 4.79 Å². The number of benzene rings is 1. The van der Waals surface area contributed by atoms with Gasteiger partial charge >= 0.3 is 0 Å². The molecule has 1 N–H and O–H groups in total. The first-order valence-electron chi connectivity index (χ1n) is 5.91. The summed E-state index contributed by atoms with van der Waals surface area (Å²) in [6, 6.07) is 5.97. The summed E-state index contributed by atoms with van der Waals surface area (Å²) in [6.45, 7) is 0.538. The summed E-state index contributed by atoms with van der Waals surface area (Å²) in [5, 5.41) is 11.5. The Morgan fingerprint density at radius 2 is 2.10 bits per heavy atom. The third-order valence-corrected chi connectivity index (χ3v) is 5.33. The molecule has 1 saturated heterocycles. The van der Waals surface area contributed by atoms with Gasteiger partial charge in [0.1, 0.15) is 4.90 Å². The predicted molar refractivity (Wildman–Crippen MR) is 72.6 cm³/mol. The van der Waals surface area contributed by atoms with Crippen LogP contribution in [0.4, 0.5) is 0 Å². The minimum absolute atomic E-state index is 0.0625. The summed E-state index contributed by atoms with van der Waals surface area (Å²) in [4.78, 5) is 11.2. The molecule has 6 nitrogen and oxygen atoms in total.